The summed E-state index contributed by atoms with van der Waals surface area (Å²) in [7, 11) is 0. The third-order valence-electron chi connectivity index (χ3n) is 3.97. The van der Waals surface area contributed by atoms with Crippen molar-refractivity contribution in [3.8, 4) is 6.07 Å². The monoisotopic (exact) mass is 271 g/mol. The van der Waals surface area contributed by atoms with E-state index < -0.39 is 0 Å². The van der Waals surface area contributed by atoms with Crippen LogP contribution in [-0.2, 0) is 11.3 Å². The maximum absolute atomic E-state index is 10.8. The summed E-state index contributed by atoms with van der Waals surface area (Å²) in [6, 6.07) is 9.97. The van der Waals surface area contributed by atoms with Gasteiger partial charge in [0.15, 0.2) is 0 Å². The molecule has 1 fully saturated rings. The van der Waals surface area contributed by atoms with E-state index in [-0.39, 0.29) is 5.91 Å². The van der Waals surface area contributed by atoms with E-state index in [4.69, 9.17) is 11.0 Å². The average molecular weight is 271 g/mol. The highest BCUT2D eigenvalue weighted by atomic mass is 16.1. The van der Waals surface area contributed by atoms with Crippen molar-refractivity contribution in [3.63, 3.8) is 0 Å². The van der Waals surface area contributed by atoms with Gasteiger partial charge < -0.3 is 5.73 Å². The van der Waals surface area contributed by atoms with Gasteiger partial charge in [-0.15, -0.1) is 0 Å². The summed E-state index contributed by atoms with van der Waals surface area (Å²) < 4.78 is 0. The number of rotatable bonds is 5. The van der Waals surface area contributed by atoms with Crippen LogP contribution in [0.25, 0.3) is 0 Å². The van der Waals surface area contributed by atoms with Gasteiger partial charge in [0.05, 0.1) is 11.6 Å². The van der Waals surface area contributed by atoms with Crippen molar-refractivity contribution in [2.24, 2.45) is 11.7 Å². The first kappa shape index (κ1) is 14.5. The van der Waals surface area contributed by atoms with Crippen molar-refractivity contribution >= 4 is 5.91 Å². The third kappa shape index (κ3) is 4.36. The molecule has 1 aromatic rings. The Hall–Kier alpha value is -1.86. The molecule has 0 aromatic heterocycles. The van der Waals surface area contributed by atoms with Gasteiger partial charge in [-0.05, 0) is 56.0 Å². The van der Waals surface area contributed by atoms with E-state index >= 15 is 0 Å². The van der Waals surface area contributed by atoms with E-state index in [0.29, 0.717) is 12.3 Å². The third-order valence-corrected chi connectivity index (χ3v) is 3.97. The molecule has 20 heavy (non-hydrogen) atoms. The second-order valence-corrected chi connectivity index (χ2v) is 5.54. The van der Waals surface area contributed by atoms with Crippen molar-refractivity contribution in [2.75, 3.05) is 13.1 Å². The SMILES string of the molecule is N#Cc1cccc(CN2CCC(CCC(N)=O)CC2)c1. The van der Waals surface area contributed by atoms with E-state index in [2.05, 4.69) is 17.0 Å². The summed E-state index contributed by atoms with van der Waals surface area (Å²) in [6.45, 7) is 3.01. The predicted octanol–water partition coefficient (Wildman–Crippen LogP) is 2.04. The Kier molecular flexibility index (Phi) is 5.14. The second-order valence-electron chi connectivity index (χ2n) is 5.54. The Balaban J connectivity index is 1.79. The number of likely N-dealkylation sites (tertiary alicyclic amines) is 1. The summed E-state index contributed by atoms with van der Waals surface area (Å²) in [5, 5.41) is 8.91. The van der Waals surface area contributed by atoms with Gasteiger partial charge in [-0.3, -0.25) is 9.69 Å². The minimum atomic E-state index is -0.194. The first-order chi connectivity index (χ1) is 9.67. The maximum atomic E-state index is 10.8. The van der Waals surface area contributed by atoms with Gasteiger partial charge in [0, 0.05) is 13.0 Å². The molecule has 1 aliphatic heterocycles. The number of nitrogens with zero attached hydrogens (tertiary/aromatic N) is 2. The fraction of sp³-hybridized carbons (Fsp3) is 0.500. The van der Waals surface area contributed by atoms with Crippen molar-refractivity contribution in [2.45, 2.75) is 32.2 Å². The van der Waals surface area contributed by atoms with Crippen molar-refractivity contribution in [1.29, 1.82) is 5.26 Å². The number of hydrogen-bond acceptors (Lipinski definition) is 3. The normalized spacial score (nSPS) is 16.8. The Labute approximate surface area is 120 Å². The van der Waals surface area contributed by atoms with Gasteiger partial charge in [0.1, 0.15) is 0 Å². The number of hydrogen-bond donors (Lipinski definition) is 1. The summed E-state index contributed by atoms with van der Waals surface area (Å²) in [5.74, 6) is 0.435. The zero-order valence-electron chi connectivity index (χ0n) is 11.7. The van der Waals surface area contributed by atoms with Crippen LogP contribution in [0.15, 0.2) is 24.3 Å². The molecule has 0 spiro atoms. The van der Waals surface area contributed by atoms with Gasteiger partial charge in [-0.25, -0.2) is 0 Å². The Bertz CT molecular complexity index is 499. The van der Waals surface area contributed by atoms with Gasteiger partial charge in [-0.1, -0.05) is 12.1 Å². The maximum Gasteiger partial charge on any atom is 0.217 e. The molecule has 0 bridgehead atoms. The molecule has 0 saturated carbocycles. The Morgan fingerprint density at radius 2 is 2.15 bits per heavy atom. The van der Waals surface area contributed by atoms with E-state index in [1.165, 1.54) is 5.56 Å². The summed E-state index contributed by atoms with van der Waals surface area (Å²) >= 11 is 0. The first-order valence-corrected chi connectivity index (χ1v) is 7.17. The minimum Gasteiger partial charge on any atom is -0.370 e. The number of nitriles is 1. The lowest BCUT2D eigenvalue weighted by atomic mass is 9.92. The number of carbonyl (C=O) groups is 1. The van der Waals surface area contributed by atoms with Crippen molar-refractivity contribution in [3.05, 3.63) is 35.4 Å². The first-order valence-electron chi connectivity index (χ1n) is 7.17. The molecule has 1 aliphatic rings. The number of carbonyl (C=O) groups excluding carboxylic acids is 1. The summed E-state index contributed by atoms with van der Waals surface area (Å²) in [4.78, 5) is 13.2. The number of nitrogens with two attached hydrogens (primary N) is 1. The van der Waals surface area contributed by atoms with Crippen LogP contribution >= 0.6 is 0 Å². The average Bonchev–Trinajstić information content (AvgIpc) is 2.47. The number of benzene rings is 1. The van der Waals surface area contributed by atoms with Crippen LogP contribution in [0, 0.1) is 17.2 Å². The molecule has 0 radical (unpaired) electrons. The Morgan fingerprint density at radius 3 is 2.80 bits per heavy atom. The molecule has 1 amide bonds. The molecular weight excluding hydrogens is 250 g/mol. The molecule has 2 rings (SSSR count). The number of amides is 1. The van der Waals surface area contributed by atoms with Gasteiger partial charge in [-0.2, -0.15) is 5.26 Å². The second kappa shape index (κ2) is 7.06. The fourth-order valence-corrected chi connectivity index (χ4v) is 2.78. The summed E-state index contributed by atoms with van der Waals surface area (Å²) in [5.41, 5.74) is 7.11. The van der Waals surface area contributed by atoms with E-state index in [9.17, 15) is 4.79 Å². The standard InChI is InChI=1S/C16H21N3O/c17-11-14-2-1-3-15(10-14)12-19-8-6-13(7-9-19)4-5-16(18)20/h1-3,10,13H,4-9,12H2,(H2,18,20). The predicted molar refractivity (Wildman–Crippen MR) is 77.6 cm³/mol. The Morgan fingerprint density at radius 1 is 1.40 bits per heavy atom. The lowest BCUT2D eigenvalue weighted by Crippen LogP contribution is -2.33. The van der Waals surface area contributed by atoms with E-state index in [1.807, 2.05) is 18.2 Å². The molecule has 1 heterocycles. The molecule has 0 aliphatic carbocycles. The van der Waals surface area contributed by atoms with Crippen LogP contribution < -0.4 is 5.73 Å². The minimum absolute atomic E-state index is 0.194. The summed E-state index contributed by atoms with van der Waals surface area (Å²) in [6.07, 6.45) is 3.69. The highest BCUT2D eigenvalue weighted by Gasteiger charge is 2.19. The smallest absolute Gasteiger partial charge is 0.217 e. The topological polar surface area (TPSA) is 70.1 Å². The molecule has 1 saturated heterocycles. The molecule has 0 unspecified atom stereocenters. The molecular formula is C16H21N3O. The van der Waals surface area contributed by atoms with E-state index in [1.54, 1.807) is 0 Å². The van der Waals surface area contributed by atoms with Gasteiger partial charge in [0.2, 0.25) is 5.91 Å². The zero-order valence-corrected chi connectivity index (χ0v) is 11.7. The zero-order chi connectivity index (χ0) is 14.4. The van der Waals surface area contributed by atoms with Crippen molar-refractivity contribution in [1.82, 2.24) is 4.90 Å². The molecule has 4 heteroatoms. The molecule has 4 nitrogen and oxygen atoms in total. The van der Waals surface area contributed by atoms with Crippen LogP contribution in [0.2, 0.25) is 0 Å². The quantitative estimate of drug-likeness (QED) is 0.890. The van der Waals surface area contributed by atoms with Crippen LogP contribution in [-0.4, -0.2) is 23.9 Å². The fourth-order valence-electron chi connectivity index (χ4n) is 2.78. The van der Waals surface area contributed by atoms with E-state index in [0.717, 1.165) is 44.5 Å². The van der Waals surface area contributed by atoms with Crippen LogP contribution in [0.4, 0.5) is 0 Å². The van der Waals surface area contributed by atoms with Crippen molar-refractivity contribution < 1.29 is 4.79 Å². The highest BCUT2D eigenvalue weighted by molar-refractivity contribution is 5.73. The van der Waals surface area contributed by atoms with Crippen LogP contribution in [0.3, 0.4) is 0 Å². The van der Waals surface area contributed by atoms with Gasteiger partial charge >= 0.3 is 0 Å². The molecule has 106 valence electrons. The molecule has 2 N–H and O–H groups in total. The van der Waals surface area contributed by atoms with Crippen LogP contribution in [0.5, 0.6) is 0 Å². The number of piperidine rings is 1. The lowest BCUT2D eigenvalue weighted by molar-refractivity contribution is -0.118. The van der Waals surface area contributed by atoms with Crippen LogP contribution in [0.1, 0.15) is 36.8 Å². The molecule has 1 aromatic carbocycles. The lowest BCUT2D eigenvalue weighted by Gasteiger charge is -2.31. The molecule has 0 atom stereocenters. The largest absolute Gasteiger partial charge is 0.370 e. The number of primary amides is 1. The van der Waals surface area contributed by atoms with Gasteiger partial charge in [0.25, 0.3) is 0 Å². The highest BCUT2D eigenvalue weighted by Crippen LogP contribution is 2.23.